The third-order valence-electron chi connectivity index (χ3n) is 3.35. The van der Waals surface area contributed by atoms with Crippen LogP contribution in [-0.2, 0) is 0 Å². The Hall–Kier alpha value is -2.08. The van der Waals surface area contributed by atoms with Crippen LogP contribution in [0.2, 0.25) is 0 Å². The van der Waals surface area contributed by atoms with Crippen molar-refractivity contribution in [2.75, 3.05) is 13.2 Å². The number of aliphatic hydroxyl groups is 1. The number of pyridine rings is 1. The number of rotatable bonds is 6. The number of aryl methyl sites for hydroxylation is 1. The number of amides is 1. The van der Waals surface area contributed by atoms with E-state index in [9.17, 15) is 9.90 Å². The molecule has 0 aromatic carbocycles. The maximum Gasteiger partial charge on any atom is 0.270 e. The van der Waals surface area contributed by atoms with Crippen molar-refractivity contribution < 1.29 is 14.6 Å². The summed E-state index contributed by atoms with van der Waals surface area (Å²) in [5.74, 6) is 0.408. The highest BCUT2D eigenvalue weighted by Crippen LogP contribution is 2.22. The molecule has 2 aromatic rings. The number of nitrogens with one attached hydrogen (secondary N) is 1. The summed E-state index contributed by atoms with van der Waals surface area (Å²) < 4.78 is 7.26. The third-order valence-corrected chi connectivity index (χ3v) is 3.35. The van der Waals surface area contributed by atoms with Gasteiger partial charge in [-0.3, -0.25) is 9.20 Å². The number of imidazole rings is 1. The zero-order valence-electron chi connectivity index (χ0n) is 12.6. The van der Waals surface area contributed by atoms with Gasteiger partial charge in [-0.25, -0.2) is 4.98 Å². The van der Waals surface area contributed by atoms with Gasteiger partial charge >= 0.3 is 0 Å². The van der Waals surface area contributed by atoms with Gasteiger partial charge in [0.2, 0.25) is 0 Å². The molecule has 0 aliphatic carbocycles. The van der Waals surface area contributed by atoms with Crippen molar-refractivity contribution in [3.63, 3.8) is 0 Å². The van der Waals surface area contributed by atoms with E-state index in [-0.39, 0.29) is 18.6 Å². The minimum Gasteiger partial charge on any atom is -0.490 e. The fraction of sp³-hybridized carbons (Fsp3) is 0.467. The summed E-state index contributed by atoms with van der Waals surface area (Å²) in [6.07, 6.45) is 2.45. The lowest BCUT2D eigenvalue weighted by molar-refractivity contribution is 0.0908. The second-order valence-corrected chi connectivity index (χ2v) is 4.81. The molecule has 0 fully saturated rings. The van der Waals surface area contributed by atoms with Crippen LogP contribution in [0.25, 0.3) is 5.65 Å². The van der Waals surface area contributed by atoms with Gasteiger partial charge in [-0.15, -0.1) is 0 Å². The van der Waals surface area contributed by atoms with Crippen molar-refractivity contribution in [2.45, 2.75) is 33.2 Å². The Balaban J connectivity index is 2.42. The Morgan fingerprint density at radius 3 is 2.90 bits per heavy atom. The van der Waals surface area contributed by atoms with E-state index in [1.807, 2.05) is 26.0 Å². The van der Waals surface area contributed by atoms with Gasteiger partial charge in [0.1, 0.15) is 5.69 Å². The van der Waals surface area contributed by atoms with Gasteiger partial charge in [0.25, 0.3) is 5.91 Å². The molecular formula is C15H21N3O3. The second-order valence-electron chi connectivity index (χ2n) is 4.81. The average Bonchev–Trinajstić information content (AvgIpc) is 2.82. The largest absolute Gasteiger partial charge is 0.490 e. The number of ether oxygens (including phenoxy) is 1. The van der Waals surface area contributed by atoms with Gasteiger partial charge in [-0.2, -0.15) is 0 Å². The summed E-state index contributed by atoms with van der Waals surface area (Å²) in [7, 11) is 0. The summed E-state index contributed by atoms with van der Waals surface area (Å²) in [5, 5.41) is 12.0. The van der Waals surface area contributed by atoms with Crippen molar-refractivity contribution in [3.05, 3.63) is 29.7 Å². The molecule has 2 aromatic heterocycles. The molecule has 2 rings (SSSR count). The quantitative estimate of drug-likeness (QED) is 0.846. The predicted octanol–water partition coefficient (Wildman–Crippen LogP) is 1.54. The van der Waals surface area contributed by atoms with Crippen LogP contribution in [0.1, 0.15) is 36.5 Å². The van der Waals surface area contributed by atoms with Crippen molar-refractivity contribution in [2.24, 2.45) is 0 Å². The van der Waals surface area contributed by atoms with Crippen molar-refractivity contribution in [1.29, 1.82) is 0 Å². The molecule has 0 saturated carbocycles. The van der Waals surface area contributed by atoms with E-state index in [0.717, 1.165) is 0 Å². The molecule has 0 bridgehead atoms. The lowest BCUT2D eigenvalue weighted by atomic mass is 10.2. The van der Waals surface area contributed by atoms with Crippen molar-refractivity contribution in [3.8, 4) is 5.75 Å². The lowest BCUT2D eigenvalue weighted by Gasteiger charge is -2.14. The average molecular weight is 291 g/mol. The summed E-state index contributed by atoms with van der Waals surface area (Å²) in [5.41, 5.74) is 1.73. The van der Waals surface area contributed by atoms with Gasteiger partial charge in [0.15, 0.2) is 11.4 Å². The first kappa shape index (κ1) is 15.3. The minimum atomic E-state index is -0.252. The van der Waals surface area contributed by atoms with Crippen molar-refractivity contribution >= 4 is 11.6 Å². The van der Waals surface area contributed by atoms with Gasteiger partial charge in [0.05, 0.1) is 24.9 Å². The third kappa shape index (κ3) is 3.00. The van der Waals surface area contributed by atoms with Crippen LogP contribution in [0, 0.1) is 6.92 Å². The highest BCUT2D eigenvalue weighted by atomic mass is 16.5. The van der Waals surface area contributed by atoms with E-state index in [0.29, 0.717) is 35.8 Å². The molecule has 2 heterocycles. The SMILES string of the molecule is CCOc1cccn2c(C(=O)NC(CC)CO)c(C)nc12. The fourth-order valence-corrected chi connectivity index (χ4v) is 2.23. The molecule has 0 aliphatic heterocycles. The second kappa shape index (κ2) is 6.58. The lowest BCUT2D eigenvalue weighted by Crippen LogP contribution is -2.37. The zero-order valence-corrected chi connectivity index (χ0v) is 12.6. The highest BCUT2D eigenvalue weighted by Gasteiger charge is 2.20. The van der Waals surface area contributed by atoms with Crippen LogP contribution in [0.3, 0.4) is 0 Å². The number of fused-ring (bicyclic) bond motifs is 1. The summed E-state index contributed by atoms with van der Waals surface area (Å²) in [6.45, 7) is 6.06. The van der Waals surface area contributed by atoms with Crippen LogP contribution in [0.4, 0.5) is 0 Å². The molecule has 21 heavy (non-hydrogen) atoms. The first-order valence-electron chi connectivity index (χ1n) is 7.14. The first-order valence-corrected chi connectivity index (χ1v) is 7.14. The number of hydrogen-bond donors (Lipinski definition) is 2. The smallest absolute Gasteiger partial charge is 0.270 e. The molecule has 114 valence electrons. The molecular weight excluding hydrogens is 270 g/mol. The van der Waals surface area contributed by atoms with Crippen LogP contribution in [-0.4, -0.2) is 39.7 Å². The zero-order chi connectivity index (χ0) is 15.4. The van der Waals surface area contributed by atoms with Crippen LogP contribution in [0.5, 0.6) is 5.75 Å². The predicted molar refractivity (Wildman–Crippen MR) is 79.7 cm³/mol. The van der Waals surface area contributed by atoms with E-state index < -0.39 is 0 Å². The number of hydrogen-bond acceptors (Lipinski definition) is 4. The topological polar surface area (TPSA) is 75.9 Å². The number of aliphatic hydroxyl groups excluding tert-OH is 1. The Kier molecular flexibility index (Phi) is 4.80. The molecule has 1 amide bonds. The summed E-state index contributed by atoms with van der Waals surface area (Å²) in [6, 6.07) is 3.40. The molecule has 6 heteroatoms. The molecule has 6 nitrogen and oxygen atoms in total. The summed E-state index contributed by atoms with van der Waals surface area (Å²) >= 11 is 0. The Morgan fingerprint density at radius 1 is 1.52 bits per heavy atom. The minimum absolute atomic E-state index is 0.0811. The van der Waals surface area contributed by atoms with Gasteiger partial charge in [0, 0.05) is 6.20 Å². The van der Waals surface area contributed by atoms with Gasteiger partial charge in [-0.05, 0) is 32.4 Å². The van der Waals surface area contributed by atoms with Crippen LogP contribution >= 0.6 is 0 Å². The Morgan fingerprint density at radius 2 is 2.29 bits per heavy atom. The number of nitrogens with zero attached hydrogens (tertiary/aromatic N) is 2. The Labute approximate surface area is 123 Å². The van der Waals surface area contributed by atoms with E-state index in [2.05, 4.69) is 10.3 Å². The standard InChI is InChI=1S/C15H21N3O3/c1-4-11(9-19)17-15(20)13-10(3)16-14-12(21-5-2)7-6-8-18(13)14/h6-8,11,19H,4-5,9H2,1-3H3,(H,17,20). The molecule has 0 saturated heterocycles. The number of carbonyl (C=O) groups excluding carboxylic acids is 1. The molecule has 0 radical (unpaired) electrons. The van der Waals surface area contributed by atoms with Gasteiger partial charge < -0.3 is 15.2 Å². The monoisotopic (exact) mass is 291 g/mol. The molecule has 1 unspecified atom stereocenters. The van der Waals surface area contributed by atoms with E-state index in [1.54, 1.807) is 17.5 Å². The highest BCUT2D eigenvalue weighted by molar-refractivity contribution is 5.95. The van der Waals surface area contributed by atoms with E-state index in [1.165, 1.54) is 0 Å². The maximum absolute atomic E-state index is 12.4. The Bertz CT molecular complexity index is 632. The van der Waals surface area contributed by atoms with Crippen molar-refractivity contribution in [1.82, 2.24) is 14.7 Å². The molecule has 0 aliphatic rings. The van der Waals surface area contributed by atoms with E-state index in [4.69, 9.17) is 4.74 Å². The maximum atomic E-state index is 12.4. The molecule has 0 spiro atoms. The normalized spacial score (nSPS) is 12.4. The summed E-state index contributed by atoms with van der Waals surface area (Å²) in [4.78, 5) is 16.8. The van der Waals surface area contributed by atoms with E-state index >= 15 is 0 Å². The van der Waals surface area contributed by atoms with Crippen LogP contribution < -0.4 is 10.1 Å². The van der Waals surface area contributed by atoms with Crippen LogP contribution in [0.15, 0.2) is 18.3 Å². The number of carbonyl (C=O) groups is 1. The molecule has 1 atom stereocenters. The first-order chi connectivity index (χ1) is 10.1. The molecule has 2 N–H and O–H groups in total. The van der Waals surface area contributed by atoms with Gasteiger partial charge in [-0.1, -0.05) is 6.92 Å². The number of aromatic nitrogens is 2. The fourth-order valence-electron chi connectivity index (χ4n) is 2.23.